The maximum Gasteiger partial charge on any atom is 0.416 e. The monoisotopic (exact) mass is 472 g/mol. The van der Waals surface area contributed by atoms with Gasteiger partial charge >= 0.3 is 6.18 Å². The number of aliphatic hydroxyl groups excluding tert-OH is 1. The normalized spacial score (nSPS) is 19.3. The Morgan fingerprint density at radius 1 is 1.09 bits per heavy atom. The number of hydrogen-bond donors (Lipinski definition) is 3. The number of nitrogens with one attached hydrogen (secondary N) is 2. The van der Waals surface area contributed by atoms with Crippen LogP contribution in [0.5, 0.6) is 0 Å². The number of nitrogens with zero attached hydrogens (tertiary/aromatic N) is 2. The maximum atomic E-state index is 13.3. The quantitative estimate of drug-likeness (QED) is 0.535. The van der Waals surface area contributed by atoms with E-state index >= 15 is 0 Å². The molecule has 4 atom stereocenters. The van der Waals surface area contributed by atoms with Crippen LogP contribution in [-0.2, 0) is 9.59 Å². The van der Waals surface area contributed by atoms with Crippen molar-refractivity contribution in [1.29, 1.82) is 0 Å². The zero-order valence-electron chi connectivity index (χ0n) is 19.1. The van der Waals surface area contributed by atoms with Crippen LogP contribution >= 0.6 is 0 Å². The number of aromatic nitrogens is 1. The Hall–Kier alpha value is -2.69. The Morgan fingerprint density at radius 2 is 1.70 bits per heavy atom. The van der Waals surface area contributed by atoms with E-state index in [2.05, 4.69) is 15.6 Å². The summed E-state index contributed by atoms with van der Waals surface area (Å²) < 4.78 is 39.1. The van der Waals surface area contributed by atoms with Gasteiger partial charge in [0.2, 0.25) is 11.8 Å². The number of pyridine rings is 1. The van der Waals surface area contributed by atoms with Crippen LogP contribution in [0, 0.1) is 11.8 Å². The fraction of sp³-hybridized carbons (Fsp3) is 0.636. The summed E-state index contributed by atoms with van der Waals surface area (Å²) >= 11 is 0. The first-order valence-corrected chi connectivity index (χ1v) is 10.9. The molecule has 2 heterocycles. The van der Waals surface area contributed by atoms with Crippen molar-refractivity contribution in [2.24, 2.45) is 11.8 Å². The van der Waals surface area contributed by atoms with Crippen LogP contribution in [0.3, 0.4) is 0 Å². The molecule has 0 saturated carbocycles. The van der Waals surface area contributed by atoms with Gasteiger partial charge in [0.25, 0.3) is 5.91 Å². The highest BCUT2D eigenvalue weighted by Gasteiger charge is 2.46. The summed E-state index contributed by atoms with van der Waals surface area (Å²) in [5, 5.41) is 14.7. The molecule has 0 radical (unpaired) electrons. The second kappa shape index (κ2) is 11.0. The average Bonchev–Trinajstić information content (AvgIpc) is 3.24. The lowest BCUT2D eigenvalue weighted by Gasteiger charge is -2.33. The molecule has 1 aromatic rings. The number of aliphatic hydroxyl groups is 1. The van der Waals surface area contributed by atoms with Crippen LogP contribution in [0.1, 0.15) is 50.9 Å². The molecule has 184 valence electrons. The summed E-state index contributed by atoms with van der Waals surface area (Å²) in [5.41, 5.74) is 0.320. The molecule has 2 unspecified atom stereocenters. The molecule has 3 amide bonds. The summed E-state index contributed by atoms with van der Waals surface area (Å²) in [7, 11) is 0. The van der Waals surface area contributed by atoms with Crippen LogP contribution in [-0.4, -0.2) is 69.7 Å². The van der Waals surface area contributed by atoms with Gasteiger partial charge < -0.3 is 20.6 Å². The standard InChI is InChI=1S/C22H31F3N4O4/c1-12(2)16(18(30)22(23,24)25)27-20(32)15-6-5-11-29(15)21(33)17(13(3)4)28-19(31)14-7-9-26-10-8-14/h7-10,12-13,15-18,30H,5-6,11H2,1-4H3,(H,27,32)(H,28,31)/t15-,16?,17-,18?/m0/s1. The van der Waals surface area contributed by atoms with Gasteiger partial charge in [-0.05, 0) is 36.8 Å². The molecule has 1 saturated heterocycles. The van der Waals surface area contributed by atoms with Crippen LogP contribution in [0.2, 0.25) is 0 Å². The van der Waals surface area contributed by atoms with E-state index < -0.39 is 54.0 Å². The molecule has 1 fully saturated rings. The first-order chi connectivity index (χ1) is 15.3. The van der Waals surface area contributed by atoms with Gasteiger partial charge in [0.05, 0.1) is 6.04 Å². The molecule has 33 heavy (non-hydrogen) atoms. The Bertz CT molecular complexity index is 833. The van der Waals surface area contributed by atoms with E-state index in [9.17, 15) is 32.7 Å². The summed E-state index contributed by atoms with van der Waals surface area (Å²) in [6, 6.07) is -0.468. The van der Waals surface area contributed by atoms with Crippen molar-refractivity contribution in [1.82, 2.24) is 20.5 Å². The van der Waals surface area contributed by atoms with Gasteiger partial charge in [-0.2, -0.15) is 13.2 Å². The highest BCUT2D eigenvalue weighted by Crippen LogP contribution is 2.27. The van der Waals surface area contributed by atoms with E-state index in [1.54, 1.807) is 13.8 Å². The highest BCUT2D eigenvalue weighted by atomic mass is 19.4. The predicted octanol–water partition coefficient (Wildman–Crippen LogP) is 1.89. The second-order valence-electron chi connectivity index (χ2n) is 8.89. The summed E-state index contributed by atoms with van der Waals surface area (Å²) in [6.07, 6.45) is -3.97. The molecule has 8 nitrogen and oxygen atoms in total. The Kier molecular flexibility index (Phi) is 8.82. The summed E-state index contributed by atoms with van der Waals surface area (Å²) in [4.78, 5) is 43.8. The van der Waals surface area contributed by atoms with E-state index in [0.29, 0.717) is 12.0 Å². The number of hydrogen-bond acceptors (Lipinski definition) is 5. The van der Waals surface area contributed by atoms with E-state index in [0.717, 1.165) is 0 Å². The minimum absolute atomic E-state index is 0.236. The number of halogens is 3. The number of carbonyl (C=O) groups is 3. The third kappa shape index (κ3) is 6.66. The highest BCUT2D eigenvalue weighted by molar-refractivity contribution is 5.98. The molecule has 0 aliphatic carbocycles. The zero-order chi connectivity index (χ0) is 24.9. The maximum absolute atomic E-state index is 13.3. The minimum Gasteiger partial charge on any atom is -0.382 e. The van der Waals surface area contributed by atoms with Crippen molar-refractivity contribution in [3.8, 4) is 0 Å². The van der Waals surface area contributed by atoms with E-state index in [4.69, 9.17) is 0 Å². The lowest BCUT2D eigenvalue weighted by Crippen LogP contribution is -2.59. The Balaban J connectivity index is 2.16. The third-order valence-corrected chi connectivity index (χ3v) is 5.70. The van der Waals surface area contributed by atoms with Gasteiger partial charge in [-0.15, -0.1) is 0 Å². The van der Waals surface area contributed by atoms with Crippen molar-refractivity contribution in [2.75, 3.05) is 6.54 Å². The topological polar surface area (TPSA) is 112 Å². The van der Waals surface area contributed by atoms with Gasteiger partial charge in [0.15, 0.2) is 6.10 Å². The first-order valence-electron chi connectivity index (χ1n) is 10.9. The van der Waals surface area contributed by atoms with E-state index in [-0.39, 0.29) is 18.9 Å². The largest absolute Gasteiger partial charge is 0.416 e. The molecule has 0 aromatic carbocycles. The molecule has 0 bridgehead atoms. The molecule has 11 heteroatoms. The molecule has 3 N–H and O–H groups in total. The molecular formula is C22H31F3N4O4. The fourth-order valence-electron chi connectivity index (χ4n) is 3.80. The molecule has 1 aromatic heterocycles. The Labute approximate surface area is 190 Å². The van der Waals surface area contributed by atoms with Crippen LogP contribution in [0.4, 0.5) is 13.2 Å². The number of carbonyl (C=O) groups excluding carboxylic acids is 3. The fourth-order valence-corrected chi connectivity index (χ4v) is 3.80. The van der Waals surface area contributed by atoms with Crippen molar-refractivity contribution in [3.63, 3.8) is 0 Å². The van der Waals surface area contributed by atoms with Crippen molar-refractivity contribution >= 4 is 17.7 Å². The summed E-state index contributed by atoms with van der Waals surface area (Å²) in [6.45, 7) is 6.64. The van der Waals surface area contributed by atoms with Gasteiger partial charge in [-0.3, -0.25) is 19.4 Å². The van der Waals surface area contributed by atoms with Crippen molar-refractivity contribution in [3.05, 3.63) is 30.1 Å². The number of alkyl halides is 3. The van der Waals surface area contributed by atoms with Crippen molar-refractivity contribution < 1.29 is 32.7 Å². The van der Waals surface area contributed by atoms with Gasteiger partial charge in [0.1, 0.15) is 12.1 Å². The molecule has 1 aliphatic rings. The zero-order valence-corrected chi connectivity index (χ0v) is 19.1. The SMILES string of the molecule is CC(C)C(NC(=O)[C@@H]1CCCN1C(=O)[C@@H](NC(=O)c1ccncc1)C(C)C)C(O)C(F)(F)F. The third-order valence-electron chi connectivity index (χ3n) is 5.70. The first kappa shape index (κ1) is 26.6. The molecular weight excluding hydrogens is 441 g/mol. The average molecular weight is 473 g/mol. The Morgan fingerprint density at radius 3 is 2.21 bits per heavy atom. The minimum atomic E-state index is -4.90. The smallest absolute Gasteiger partial charge is 0.382 e. The van der Waals surface area contributed by atoms with Gasteiger partial charge in [0, 0.05) is 24.5 Å². The van der Waals surface area contributed by atoms with Crippen LogP contribution in [0.25, 0.3) is 0 Å². The molecule has 1 aliphatic heterocycles. The predicted molar refractivity (Wildman–Crippen MR) is 114 cm³/mol. The van der Waals surface area contributed by atoms with Crippen LogP contribution in [0.15, 0.2) is 24.5 Å². The van der Waals surface area contributed by atoms with E-state index in [1.165, 1.54) is 43.3 Å². The van der Waals surface area contributed by atoms with Gasteiger partial charge in [-0.1, -0.05) is 27.7 Å². The molecule has 2 rings (SSSR count). The second-order valence-corrected chi connectivity index (χ2v) is 8.89. The number of rotatable bonds is 8. The van der Waals surface area contributed by atoms with Crippen LogP contribution < -0.4 is 10.6 Å². The van der Waals surface area contributed by atoms with Crippen molar-refractivity contribution in [2.45, 2.75) is 70.9 Å². The lowest BCUT2D eigenvalue weighted by atomic mass is 9.97. The van der Waals surface area contributed by atoms with E-state index in [1.807, 2.05) is 0 Å². The number of likely N-dealkylation sites (tertiary alicyclic amines) is 1. The molecule has 0 spiro atoms. The number of amides is 3. The summed E-state index contributed by atoms with van der Waals surface area (Å²) in [5.74, 6) is -2.71. The van der Waals surface area contributed by atoms with Gasteiger partial charge in [-0.25, -0.2) is 0 Å². The lowest BCUT2D eigenvalue weighted by molar-refractivity contribution is -0.215.